The van der Waals surface area contributed by atoms with Gasteiger partial charge in [0.25, 0.3) is 0 Å². The van der Waals surface area contributed by atoms with Crippen LogP contribution in [0.25, 0.3) is 0 Å². The van der Waals surface area contributed by atoms with E-state index in [9.17, 15) is 8.42 Å². The molecule has 1 fully saturated rings. The minimum Gasteiger partial charge on any atom is -0.214 e. The van der Waals surface area contributed by atoms with Gasteiger partial charge in [-0.25, -0.2) is 13.1 Å². The van der Waals surface area contributed by atoms with Crippen LogP contribution in [0, 0.1) is 23.2 Å². The quantitative estimate of drug-likeness (QED) is 0.807. The molecule has 1 rings (SSSR count). The topological polar surface area (TPSA) is 70.0 Å². The highest BCUT2D eigenvalue weighted by molar-refractivity contribution is 7.90. The van der Waals surface area contributed by atoms with Gasteiger partial charge in [-0.3, -0.25) is 0 Å². The third-order valence-corrected chi connectivity index (χ3v) is 5.76. The highest BCUT2D eigenvalue weighted by atomic mass is 32.2. The molecule has 1 unspecified atom stereocenters. The molecule has 1 saturated carbocycles. The maximum atomic E-state index is 11.8. The Labute approximate surface area is 111 Å². The van der Waals surface area contributed by atoms with Crippen LogP contribution in [0.2, 0.25) is 0 Å². The number of nitrogens with zero attached hydrogens (tertiary/aromatic N) is 1. The van der Waals surface area contributed by atoms with Crippen molar-refractivity contribution in [3.63, 3.8) is 0 Å². The Morgan fingerprint density at radius 3 is 2.22 bits per heavy atom. The van der Waals surface area contributed by atoms with Crippen molar-refractivity contribution in [2.75, 3.05) is 6.54 Å². The summed E-state index contributed by atoms with van der Waals surface area (Å²) in [5.41, 5.74) is 0. The fraction of sp³-hybridized carbons (Fsp3) is 0.923. The second-order valence-corrected chi connectivity index (χ2v) is 7.16. The second kappa shape index (κ2) is 7.10. The summed E-state index contributed by atoms with van der Waals surface area (Å²) in [5.74, 6) is 1.26. The van der Waals surface area contributed by atoms with E-state index < -0.39 is 15.3 Å². The van der Waals surface area contributed by atoms with Gasteiger partial charge in [-0.15, -0.1) is 0 Å². The van der Waals surface area contributed by atoms with Crippen LogP contribution in [-0.2, 0) is 10.0 Å². The first-order chi connectivity index (χ1) is 8.53. The average Bonchev–Trinajstić information content (AvgIpc) is 2.38. The molecule has 0 aromatic heterocycles. The van der Waals surface area contributed by atoms with E-state index in [1.54, 1.807) is 6.92 Å². The first-order valence-corrected chi connectivity index (χ1v) is 8.46. The number of hydrogen-bond acceptors (Lipinski definition) is 3. The van der Waals surface area contributed by atoms with Crippen LogP contribution >= 0.6 is 0 Å². The van der Waals surface area contributed by atoms with E-state index in [-0.39, 0.29) is 0 Å². The number of sulfonamides is 1. The largest absolute Gasteiger partial charge is 0.227 e. The number of nitrogens with one attached hydrogen (secondary N) is 1. The molecule has 1 N–H and O–H groups in total. The van der Waals surface area contributed by atoms with Gasteiger partial charge in [0.1, 0.15) is 0 Å². The Balaban J connectivity index is 2.40. The monoisotopic (exact) mass is 272 g/mol. The van der Waals surface area contributed by atoms with E-state index in [1.165, 1.54) is 19.3 Å². The van der Waals surface area contributed by atoms with Gasteiger partial charge in [0.2, 0.25) is 10.0 Å². The molecule has 0 aromatic carbocycles. The molecule has 0 aromatic rings. The highest BCUT2D eigenvalue weighted by Gasteiger charge is 2.26. The lowest BCUT2D eigenvalue weighted by Gasteiger charge is -2.28. The van der Waals surface area contributed by atoms with Crippen LogP contribution in [0.15, 0.2) is 0 Å². The molecule has 0 aliphatic heterocycles. The molecule has 0 spiro atoms. The maximum absolute atomic E-state index is 11.8. The molecule has 0 radical (unpaired) electrons. The third kappa shape index (κ3) is 4.25. The molecular formula is C13H24N2O2S. The first kappa shape index (κ1) is 15.5. The minimum atomic E-state index is -3.45. The van der Waals surface area contributed by atoms with Gasteiger partial charge in [-0.05, 0) is 31.1 Å². The van der Waals surface area contributed by atoms with Crippen molar-refractivity contribution in [3.05, 3.63) is 0 Å². The third-order valence-electron chi connectivity index (χ3n) is 4.01. The fourth-order valence-corrected chi connectivity index (χ4v) is 3.81. The predicted molar refractivity (Wildman–Crippen MR) is 72.4 cm³/mol. The molecule has 0 heterocycles. The zero-order valence-electron chi connectivity index (χ0n) is 11.4. The van der Waals surface area contributed by atoms with Crippen LogP contribution < -0.4 is 4.72 Å². The Morgan fingerprint density at radius 1 is 1.22 bits per heavy atom. The Kier molecular flexibility index (Phi) is 6.10. The fourth-order valence-electron chi connectivity index (χ4n) is 2.56. The van der Waals surface area contributed by atoms with Gasteiger partial charge >= 0.3 is 0 Å². The summed E-state index contributed by atoms with van der Waals surface area (Å²) in [7, 11) is -3.45. The zero-order valence-corrected chi connectivity index (χ0v) is 12.2. The van der Waals surface area contributed by atoms with Crippen LogP contribution in [0.4, 0.5) is 0 Å². The Hall–Kier alpha value is -0.600. The van der Waals surface area contributed by atoms with Gasteiger partial charge < -0.3 is 0 Å². The van der Waals surface area contributed by atoms with Crippen molar-refractivity contribution >= 4 is 10.0 Å². The second-order valence-electron chi connectivity index (χ2n) is 5.21. The molecule has 0 saturated heterocycles. The van der Waals surface area contributed by atoms with Crippen LogP contribution in [-0.4, -0.2) is 20.2 Å². The van der Waals surface area contributed by atoms with Crippen LogP contribution in [0.5, 0.6) is 0 Å². The van der Waals surface area contributed by atoms with E-state index in [0.717, 1.165) is 18.8 Å². The van der Waals surface area contributed by atoms with E-state index in [2.05, 4.69) is 11.6 Å². The van der Waals surface area contributed by atoms with Crippen molar-refractivity contribution in [1.82, 2.24) is 4.72 Å². The van der Waals surface area contributed by atoms with Gasteiger partial charge in [0.05, 0.1) is 6.07 Å². The smallest absolute Gasteiger partial charge is 0.214 e. The van der Waals surface area contributed by atoms with Crippen molar-refractivity contribution in [2.45, 2.75) is 57.6 Å². The van der Waals surface area contributed by atoms with Crippen LogP contribution in [0.3, 0.4) is 0 Å². The lowest BCUT2D eigenvalue weighted by molar-refractivity contribution is 0.270. The van der Waals surface area contributed by atoms with Crippen LogP contribution in [0.1, 0.15) is 52.4 Å². The lowest BCUT2D eigenvalue weighted by atomic mass is 9.81. The van der Waals surface area contributed by atoms with Crippen molar-refractivity contribution in [2.24, 2.45) is 11.8 Å². The van der Waals surface area contributed by atoms with Crippen molar-refractivity contribution < 1.29 is 8.42 Å². The summed E-state index contributed by atoms with van der Waals surface area (Å²) in [6, 6.07) is 1.85. The Bertz CT molecular complexity index is 378. The number of nitriles is 1. The lowest BCUT2D eigenvalue weighted by Crippen LogP contribution is -2.37. The molecule has 4 nitrogen and oxygen atoms in total. The van der Waals surface area contributed by atoms with Crippen molar-refractivity contribution in [3.8, 4) is 6.07 Å². The summed E-state index contributed by atoms with van der Waals surface area (Å²) in [5, 5.41) is 7.88. The zero-order chi connectivity index (χ0) is 13.6. The van der Waals surface area contributed by atoms with Gasteiger partial charge in [0.15, 0.2) is 5.25 Å². The predicted octanol–water partition coefficient (Wildman–Crippen LogP) is 2.42. The highest BCUT2D eigenvalue weighted by Crippen LogP contribution is 2.30. The Morgan fingerprint density at radius 2 is 1.78 bits per heavy atom. The average molecular weight is 272 g/mol. The summed E-state index contributed by atoms with van der Waals surface area (Å²) >= 11 is 0. The van der Waals surface area contributed by atoms with E-state index in [1.807, 2.05) is 6.07 Å². The molecule has 5 heteroatoms. The van der Waals surface area contributed by atoms with E-state index in [0.29, 0.717) is 18.9 Å². The summed E-state index contributed by atoms with van der Waals surface area (Å²) in [6.07, 6.45) is 6.19. The molecular weight excluding hydrogens is 248 g/mol. The van der Waals surface area contributed by atoms with Gasteiger partial charge in [0, 0.05) is 6.54 Å². The van der Waals surface area contributed by atoms with E-state index in [4.69, 9.17) is 5.26 Å². The maximum Gasteiger partial charge on any atom is 0.227 e. The molecule has 104 valence electrons. The molecule has 1 atom stereocenters. The molecule has 1 aliphatic rings. The molecule has 0 amide bonds. The number of hydrogen-bond donors (Lipinski definition) is 1. The normalized spacial score (nSPS) is 26.5. The standard InChI is InChI=1S/C13H24N2O2S/c1-3-11-5-7-12(8-6-11)10-15-18(16,17)13(4-2)9-14/h11-13,15H,3-8,10H2,1-2H3. The molecule has 18 heavy (non-hydrogen) atoms. The summed E-state index contributed by atoms with van der Waals surface area (Å²) in [6.45, 7) is 4.43. The first-order valence-electron chi connectivity index (χ1n) is 6.91. The summed E-state index contributed by atoms with van der Waals surface area (Å²) in [4.78, 5) is 0. The van der Waals surface area contributed by atoms with Crippen molar-refractivity contribution in [1.29, 1.82) is 5.26 Å². The SMILES string of the molecule is CCC1CCC(CNS(=O)(=O)C(C#N)CC)CC1. The molecule has 0 bridgehead atoms. The number of rotatable bonds is 6. The molecule has 1 aliphatic carbocycles. The van der Waals surface area contributed by atoms with E-state index >= 15 is 0 Å². The minimum absolute atomic E-state index is 0.342. The van der Waals surface area contributed by atoms with Gasteiger partial charge in [-0.1, -0.05) is 33.1 Å². The summed E-state index contributed by atoms with van der Waals surface area (Å²) < 4.78 is 26.3. The van der Waals surface area contributed by atoms with Gasteiger partial charge in [-0.2, -0.15) is 5.26 Å².